The van der Waals surface area contributed by atoms with Gasteiger partial charge in [-0.05, 0) is 55.3 Å². The molecule has 0 fully saturated rings. The van der Waals surface area contributed by atoms with E-state index < -0.39 is 0 Å². The first kappa shape index (κ1) is 22.3. The van der Waals surface area contributed by atoms with Crippen LogP contribution in [-0.4, -0.2) is 36.1 Å². The van der Waals surface area contributed by atoms with Gasteiger partial charge in [-0.2, -0.15) is 0 Å². The molecule has 0 unspecified atom stereocenters. The molecule has 158 valence electrons. The summed E-state index contributed by atoms with van der Waals surface area (Å²) in [4.78, 5) is 19.4. The van der Waals surface area contributed by atoms with Crippen molar-refractivity contribution >= 4 is 28.8 Å². The lowest BCUT2D eigenvalue weighted by molar-refractivity contribution is 0.0721. The van der Waals surface area contributed by atoms with Crippen LogP contribution in [0.5, 0.6) is 5.75 Å². The van der Waals surface area contributed by atoms with Gasteiger partial charge >= 0.3 is 0 Å². The molecule has 0 aliphatic carbocycles. The van der Waals surface area contributed by atoms with Gasteiger partial charge in [-0.3, -0.25) is 4.79 Å². The van der Waals surface area contributed by atoms with Crippen molar-refractivity contribution in [2.24, 2.45) is 0 Å². The van der Waals surface area contributed by atoms with Crippen molar-refractivity contribution in [1.29, 1.82) is 0 Å². The Kier molecular flexibility index (Phi) is 8.25. The Morgan fingerprint density at radius 1 is 1.20 bits per heavy atom. The van der Waals surface area contributed by atoms with Crippen LogP contribution in [-0.2, 0) is 17.9 Å². The molecular formula is C23H25ClN2O3S. The highest BCUT2D eigenvalue weighted by Crippen LogP contribution is 2.19. The van der Waals surface area contributed by atoms with E-state index >= 15 is 0 Å². The summed E-state index contributed by atoms with van der Waals surface area (Å²) in [6.45, 7) is 4.05. The second kappa shape index (κ2) is 11.1. The van der Waals surface area contributed by atoms with Crippen LogP contribution in [0.15, 0.2) is 53.9 Å². The van der Waals surface area contributed by atoms with Gasteiger partial charge in [0.05, 0.1) is 12.2 Å². The molecule has 0 radical (unpaired) electrons. The second-order valence-corrected chi connectivity index (χ2v) is 8.30. The average molecular weight is 445 g/mol. The van der Waals surface area contributed by atoms with Crippen LogP contribution in [0.3, 0.4) is 0 Å². The first-order valence-corrected chi connectivity index (χ1v) is 11.0. The standard InChI is InChI=1S/C23H25ClN2O3S/c1-17-5-3-6-21(13-17)29-15-22-25-20(16-30-22)14-26(11-4-12-28-2)23(27)18-7-9-19(24)10-8-18/h3,5-10,13,16H,4,11-12,14-15H2,1-2H3. The monoisotopic (exact) mass is 444 g/mol. The Bertz CT molecular complexity index is 959. The number of benzene rings is 2. The predicted molar refractivity (Wildman–Crippen MR) is 120 cm³/mol. The largest absolute Gasteiger partial charge is 0.486 e. The van der Waals surface area contributed by atoms with Crippen molar-refractivity contribution in [3.05, 3.63) is 80.8 Å². The third-order valence-electron chi connectivity index (χ3n) is 4.46. The number of hydrogen-bond donors (Lipinski definition) is 0. The zero-order valence-electron chi connectivity index (χ0n) is 17.1. The first-order valence-electron chi connectivity index (χ1n) is 9.71. The quantitative estimate of drug-likeness (QED) is 0.395. The van der Waals surface area contributed by atoms with Crippen LogP contribution >= 0.6 is 22.9 Å². The predicted octanol–water partition coefficient (Wildman–Crippen LogP) is 5.36. The van der Waals surface area contributed by atoms with Crippen LogP contribution < -0.4 is 4.74 Å². The van der Waals surface area contributed by atoms with E-state index in [9.17, 15) is 4.79 Å². The average Bonchev–Trinajstić information content (AvgIpc) is 3.19. The third-order valence-corrected chi connectivity index (χ3v) is 5.58. The molecule has 30 heavy (non-hydrogen) atoms. The molecule has 0 saturated carbocycles. The maximum Gasteiger partial charge on any atom is 0.254 e. The van der Waals surface area contributed by atoms with Crippen molar-refractivity contribution in [3.63, 3.8) is 0 Å². The normalized spacial score (nSPS) is 10.8. The van der Waals surface area contributed by atoms with Crippen LogP contribution in [0.2, 0.25) is 5.02 Å². The number of amides is 1. The molecule has 0 saturated heterocycles. The van der Waals surface area contributed by atoms with Gasteiger partial charge in [-0.15, -0.1) is 11.3 Å². The fraction of sp³-hybridized carbons (Fsp3) is 0.304. The van der Waals surface area contributed by atoms with Gasteiger partial charge in [0.1, 0.15) is 17.4 Å². The molecule has 1 amide bonds. The molecule has 2 aromatic carbocycles. The Balaban J connectivity index is 1.65. The SMILES string of the molecule is COCCCN(Cc1csc(COc2cccc(C)c2)n1)C(=O)c1ccc(Cl)cc1. The van der Waals surface area contributed by atoms with Gasteiger partial charge in [0, 0.05) is 36.2 Å². The Morgan fingerprint density at radius 2 is 2.00 bits per heavy atom. The zero-order valence-corrected chi connectivity index (χ0v) is 18.7. The molecule has 3 aromatic rings. The van der Waals surface area contributed by atoms with E-state index in [1.807, 2.05) is 36.6 Å². The number of rotatable bonds is 10. The van der Waals surface area contributed by atoms with Gasteiger partial charge in [0.2, 0.25) is 0 Å². The number of hydrogen-bond acceptors (Lipinski definition) is 5. The Hall–Kier alpha value is -2.41. The van der Waals surface area contributed by atoms with E-state index in [0.717, 1.165) is 28.4 Å². The highest BCUT2D eigenvalue weighted by Gasteiger charge is 2.17. The summed E-state index contributed by atoms with van der Waals surface area (Å²) < 4.78 is 11.0. The molecule has 0 N–H and O–H groups in total. The highest BCUT2D eigenvalue weighted by molar-refractivity contribution is 7.09. The molecule has 0 atom stereocenters. The van der Waals surface area contributed by atoms with Gasteiger partial charge < -0.3 is 14.4 Å². The van der Waals surface area contributed by atoms with E-state index in [1.165, 1.54) is 11.3 Å². The number of ether oxygens (including phenoxy) is 2. The number of nitrogens with zero attached hydrogens (tertiary/aromatic N) is 2. The topological polar surface area (TPSA) is 51.7 Å². The molecule has 0 aliphatic heterocycles. The van der Waals surface area contributed by atoms with Crippen molar-refractivity contribution in [1.82, 2.24) is 9.88 Å². The van der Waals surface area contributed by atoms with E-state index in [-0.39, 0.29) is 5.91 Å². The lowest BCUT2D eigenvalue weighted by Crippen LogP contribution is -2.32. The lowest BCUT2D eigenvalue weighted by Gasteiger charge is -2.22. The molecular weight excluding hydrogens is 420 g/mol. The molecule has 1 heterocycles. The fourth-order valence-corrected chi connectivity index (χ4v) is 3.78. The Morgan fingerprint density at radius 3 is 2.73 bits per heavy atom. The maximum atomic E-state index is 13.0. The number of methoxy groups -OCH3 is 1. The number of thiazole rings is 1. The maximum absolute atomic E-state index is 13.0. The number of halogens is 1. The summed E-state index contributed by atoms with van der Waals surface area (Å²) in [5.41, 5.74) is 2.61. The fourth-order valence-electron chi connectivity index (χ4n) is 2.96. The molecule has 5 nitrogen and oxygen atoms in total. The molecule has 0 bridgehead atoms. The van der Waals surface area contributed by atoms with Crippen LogP contribution in [0.25, 0.3) is 0 Å². The third kappa shape index (κ3) is 6.55. The summed E-state index contributed by atoms with van der Waals surface area (Å²) in [7, 11) is 1.66. The van der Waals surface area contributed by atoms with Crippen molar-refractivity contribution in [2.45, 2.75) is 26.5 Å². The second-order valence-electron chi connectivity index (χ2n) is 6.92. The first-order chi connectivity index (χ1) is 14.5. The molecule has 7 heteroatoms. The number of carbonyl (C=O) groups excluding carboxylic acids is 1. The van der Waals surface area contributed by atoms with Crippen LogP contribution in [0, 0.1) is 6.92 Å². The summed E-state index contributed by atoms with van der Waals surface area (Å²) in [6.07, 6.45) is 0.753. The van der Waals surface area contributed by atoms with Gasteiger partial charge in [0.25, 0.3) is 5.91 Å². The van der Waals surface area contributed by atoms with E-state index in [1.54, 1.807) is 36.3 Å². The molecule has 0 aliphatic rings. The minimum atomic E-state index is -0.0478. The van der Waals surface area contributed by atoms with Gasteiger partial charge in [0.15, 0.2) is 0 Å². The minimum absolute atomic E-state index is 0.0478. The van der Waals surface area contributed by atoms with Crippen LogP contribution in [0.1, 0.15) is 33.0 Å². The number of aromatic nitrogens is 1. The van der Waals surface area contributed by atoms with E-state index in [2.05, 4.69) is 4.98 Å². The van der Waals surface area contributed by atoms with Gasteiger partial charge in [-0.25, -0.2) is 4.98 Å². The summed E-state index contributed by atoms with van der Waals surface area (Å²) in [5.74, 6) is 0.777. The molecule has 3 rings (SSSR count). The molecule has 0 spiro atoms. The van der Waals surface area contributed by atoms with Crippen LogP contribution in [0.4, 0.5) is 0 Å². The number of carbonyl (C=O) groups is 1. The highest BCUT2D eigenvalue weighted by atomic mass is 35.5. The summed E-state index contributed by atoms with van der Waals surface area (Å²) in [5, 5.41) is 3.46. The van der Waals surface area contributed by atoms with E-state index in [4.69, 9.17) is 21.1 Å². The summed E-state index contributed by atoms with van der Waals surface area (Å²) in [6, 6.07) is 14.9. The van der Waals surface area contributed by atoms with E-state index in [0.29, 0.717) is 36.9 Å². The van der Waals surface area contributed by atoms with Gasteiger partial charge in [-0.1, -0.05) is 23.7 Å². The minimum Gasteiger partial charge on any atom is -0.486 e. The summed E-state index contributed by atoms with van der Waals surface area (Å²) >= 11 is 7.49. The number of aryl methyl sites for hydroxylation is 1. The van der Waals surface area contributed by atoms with Crippen molar-refractivity contribution < 1.29 is 14.3 Å². The Labute approximate surface area is 186 Å². The smallest absolute Gasteiger partial charge is 0.254 e. The lowest BCUT2D eigenvalue weighted by atomic mass is 10.2. The van der Waals surface area contributed by atoms with Crippen molar-refractivity contribution in [3.8, 4) is 5.75 Å². The zero-order chi connectivity index (χ0) is 21.3. The van der Waals surface area contributed by atoms with Crippen molar-refractivity contribution in [2.75, 3.05) is 20.3 Å². The molecule has 1 aromatic heterocycles.